The Hall–Kier alpha value is -2.03. The SMILES string of the molecule is Nc1ccc(S(=O)(=O)NCc2cncs2)c2ncccc12. The molecule has 0 saturated carbocycles. The molecular weight excluding hydrogens is 308 g/mol. The van der Waals surface area contributed by atoms with E-state index in [1.807, 2.05) is 0 Å². The summed E-state index contributed by atoms with van der Waals surface area (Å²) in [7, 11) is -3.67. The van der Waals surface area contributed by atoms with Gasteiger partial charge in [-0.3, -0.25) is 9.97 Å². The minimum Gasteiger partial charge on any atom is -0.398 e. The van der Waals surface area contributed by atoms with Crippen LogP contribution in [-0.4, -0.2) is 18.4 Å². The van der Waals surface area contributed by atoms with Gasteiger partial charge in [-0.05, 0) is 24.3 Å². The molecule has 3 N–H and O–H groups in total. The molecule has 8 heteroatoms. The lowest BCUT2D eigenvalue weighted by atomic mass is 10.2. The highest BCUT2D eigenvalue weighted by atomic mass is 32.2. The second-order valence-electron chi connectivity index (χ2n) is 4.34. The average molecular weight is 320 g/mol. The third-order valence-corrected chi connectivity index (χ3v) is 5.19. The summed E-state index contributed by atoms with van der Waals surface area (Å²) in [5.74, 6) is 0. The molecule has 0 aliphatic rings. The minimum absolute atomic E-state index is 0.122. The quantitative estimate of drug-likeness (QED) is 0.714. The first-order valence-corrected chi connectivity index (χ1v) is 8.44. The molecule has 0 spiro atoms. The van der Waals surface area contributed by atoms with E-state index in [1.165, 1.54) is 17.4 Å². The highest BCUT2D eigenvalue weighted by Gasteiger charge is 2.19. The van der Waals surface area contributed by atoms with Gasteiger partial charge in [0.1, 0.15) is 4.90 Å². The molecule has 0 amide bonds. The van der Waals surface area contributed by atoms with Crippen LogP contribution in [0.1, 0.15) is 4.88 Å². The molecule has 0 unspecified atom stereocenters. The van der Waals surface area contributed by atoms with Crippen LogP contribution in [0.5, 0.6) is 0 Å². The van der Waals surface area contributed by atoms with Crippen LogP contribution in [0.4, 0.5) is 5.69 Å². The van der Waals surface area contributed by atoms with Gasteiger partial charge in [-0.1, -0.05) is 0 Å². The second kappa shape index (κ2) is 5.40. The molecule has 3 aromatic rings. The zero-order chi connectivity index (χ0) is 14.9. The van der Waals surface area contributed by atoms with E-state index >= 15 is 0 Å². The number of nitrogens with one attached hydrogen (secondary N) is 1. The van der Waals surface area contributed by atoms with E-state index in [9.17, 15) is 8.42 Å². The number of nitrogen functional groups attached to an aromatic ring is 1. The van der Waals surface area contributed by atoms with Crippen molar-refractivity contribution in [2.45, 2.75) is 11.4 Å². The summed E-state index contributed by atoms with van der Waals surface area (Å²) in [6.45, 7) is 0.200. The molecule has 6 nitrogen and oxygen atoms in total. The number of nitrogens with two attached hydrogens (primary N) is 1. The summed E-state index contributed by atoms with van der Waals surface area (Å²) < 4.78 is 27.4. The van der Waals surface area contributed by atoms with Gasteiger partial charge < -0.3 is 5.73 Å². The maximum atomic E-state index is 12.4. The fourth-order valence-electron chi connectivity index (χ4n) is 1.96. The van der Waals surface area contributed by atoms with Gasteiger partial charge >= 0.3 is 0 Å². The summed E-state index contributed by atoms with van der Waals surface area (Å²) in [6.07, 6.45) is 3.18. The fourth-order valence-corrected chi connectivity index (χ4v) is 3.75. The maximum absolute atomic E-state index is 12.4. The number of fused-ring (bicyclic) bond motifs is 1. The molecule has 1 aromatic carbocycles. The van der Waals surface area contributed by atoms with E-state index in [4.69, 9.17) is 5.73 Å². The van der Waals surface area contributed by atoms with Crippen molar-refractivity contribution in [1.82, 2.24) is 14.7 Å². The van der Waals surface area contributed by atoms with E-state index < -0.39 is 10.0 Å². The second-order valence-corrected chi connectivity index (χ2v) is 7.05. The predicted octanol–water partition coefficient (Wildman–Crippen LogP) is 1.75. The molecule has 108 valence electrons. The molecule has 2 aromatic heterocycles. The first kappa shape index (κ1) is 13.9. The molecule has 3 rings (SSSR count). The van der Waals surface area contributed by atoms with Gasteiger partial charge in [-0.15, -0.1) is 11.3 Å². The molecule has 0 aliphatic heterocycles. The molecule has 0 radical (unpaired) electrons. The van der Waals surface area contributed by atoms with Crippen molar-refractivity contribution in [2.24, 2.45) is 0 Å². The highest BCUT2D eigenvalue weighted by Crippen LogP contribution is 2.25. The lowest BCUT2D eigenvalue weighted by Crippen LogP contribution is -2.23. The van der Waals surface area contributed by atoms with Crippen molar-refractivity contribution >= 4 is 38.0 Å². The van der Waals surface area contributed by atoms with Crippen LogP contribution in [0.25, 0.3) is 10.9 Å². The van der Waals surface area contributed by atoms with Gasteiger partial charge in [0, 0.05) is 34.9 Å². The molecule has 0 bridgehead atoms. The third-order valence-electron chi connectivity index (χ3n) is 2.98. The van der Waals surface area contributed by atoms with Gasteiger partial charge in [0.15, 0.2) is 0 Å². The standard InChI is InChI=1S/C13H12N4O2S2/c14-11-3-4-12(13-10(11)2-1-5-16-13)21(18,19)17-7-9-6-15-8-20-9/h1-6,8,17H,7,14H2. The fraction of sp³-hybridized carbons (Fsp3) is 0.0769. The zero-order valence-electron chi connectivity index (χ0n) is 10.9. The van der Waals surface area contributed by atoms with Crippen LogP contribution in [0.3, 0.4) is 0 Å². The normalized spacial score (nSPS) is 11.8. The number of hydrogen-bond donors (Lipinski definition) is 2. The van der Waals surface area contributed by atoms with E-state index in [0.29, 0.717) is 16.6 Å². The van der Waals surface area contributed by atoms with Gasteiger partial charge in [0.05, 0.1) is 11.0 Å². The highest BCUT2D eigenvalue weighted by molar-refractivity contribution is 7.89. The molecular formula is C13H12N4O2S2. The van der Waals surface area contributed by atoms with E-state index in [1.54, 1.807) is 36.1 Å². The zero-order valence-corrected chi connectivity index (χ0v) is 12.5. The van der Waals surface area contributed by atoms with Crippen molar-refractivity contribution in [2.75, 3.05) is 5.73 Å². The molecule has 0 fully saturated rings. The number of thiazole rings is 1. The molecule has 0 atom stereocenters. The predicted molar refractivity (Wildman–Crippen MR) is 82.3 cm³/mol. The number of aromatic nitrogens is 2. The Morgan fingerprint density at radius 3 is 2.90 bits per heavy atom. The Kier molecular flexibility index (Phi) is 3.58. The maximum Gasteiger partial charge on any atom is 0.243 e. The van der Waals surface area contributed by atoms with Gasteiger partial charge in [0.2, 0.25) is 10.0 Å². The van der Waals surface area contributed by atoms with Crippen LogP contribution in [0.15, 0.2) is 47.1 Å². The van der Waals surface area contributed by atoms with Crippen LogP contribution < -0.4 is 10.5 Å². The monoisotopic (exact) mass is 320 g/mol. The Morgan fingerprint density at radius 1 is 1.29 bits per heavy atom. The number of rotatable bonds is 4. The van der Waals surface area contributed by atoms with Gasteiger partial charge in [-0.25, -0.2) is 13.1 Å². The summed E-state index contributed by atoms with van der Waals surface area (Å²) in [6, 6.07) is 6.52. The van der Waals surface area contributed by atoms with Crippen molar-refractivity contribution in [3.63, 3.8) is 0 Å². The minimum atomic E-state index is -3.67. The number of nitrogens with zero attached hydrogens (tertiary/aromatic N) is 2. The van der Waals surface area contributed by atoms with Crippen LogP contribution in [0.2, 0.25) is 0 Å². The number of anilines is 1. The summed E-state index contributed by atoms with van der Waals surface area (Å²) in [5.41, 5.74) is 8.38. The third kappa shape index (κ3) is 2.73. The van der Waals surface area contributed by atoms with Crippen LogP contribution >= 0.6 is 11.3 Å². The molecule has 2 heterocycles. The Bertz CT molecular complexity index is 876. The first-order valence-electron chi connectivity index (χ1n) is 6.08. The lowest BCUT2D eigenvalue weighted by Gasteiger charge is -2.09. The Labute approximate surface area is 125 Å². The van der Waals surface area contributed by atoms with E-state index in [0.717, 1.165) is 4.88 Å². The summed E-state index contributed by atoms with van der Waals surface area (Å²) in [5, 5.41) is 0.623. The van der Waals surface area contributed by atoms with E-state index in [-0.39, 0.29) is 11.4 Å². The first-order chi connectivity index (χ1) is 10.1. The van der Waals surface area contributed by atoms with Gasteiger partial charge in [0.25, 0.3) is 0 Å². The number of benzene rings is 1. The lowest BCUT2D eigenvalue weighted by molar-refractivity contribution is 0.582. The smallest absolute Gasteiger partial charge is 0.243 e. The number of hydrogen-bond acceptors (Lipinski definition) is 6. The largest absolute Gasteiger partial charge is 0.398 e. The number of pyridine rings is 1. The molecule has 21 heavy (non-hydrogen) atoms. The summed E-state index contributed by atoms with van der Waals surface area (Å²) in [4.78, 5) is 9.02. The Balaban J connectivity index is 2.01. The number of sulfonamides is 1. The Morgan fingerprint density at radius 2 is 2.14 bits per heavy atom. The molecule has 0 aliphatic carbocycles. The van der Waals surface area contributed by atoms with Crippen molar-refractivity contribution in [3.8, 4) is 0 Å². The van der Waals surface area contributed by atoms with Crippen molar-refractivity contribution < 1.29 is 8.42 Å². The average Bonchev–Trinajstić information content (AvgIpc) is 2.99. The van der Waals surface area contributed by atoms with Crippen molar-refractivity contribution in [3.05, 3.63) is 47.0 Å². The van der Waals surface area contributed by atoms with Crippen molar-refractivity contribution in [1.29, 1.82) is 0 Å². The van der Waals surface area contributed by atoms with Gasteiger partial charge in [-0.2, -0.15) is 0 Å². The topological polar surface area (TPSA) is 98.0 Å². The molecule has 0 saturated heterocycles. The van der Waals surface area contributed by atoms with Crippen LogP contribution in [-0.2, 0) is 16.6 Å². The van der Waals surface area contributed by atoms with E-state index in [2.05, 4.69) is 14.7 Å². The summed E-state index contributed by atoms with van der Waals surface area (Å²) >= 11 is 1.39. The van der Waals surface area contributed by atoms with Crippen LogP contribution in [0, 0.1) is 0 Å².